The van der Waals surface area contributed by atoms with E-state index in [4.69, 9.17) is 20.5 Å². The van der Waals surface area contributed by atoms with Gasteiger partial charge >= 0.3 is 0 Å². The lowest BCUT2D eigenvalue weighted by molar-refractivity contribution is -0.0836. The molecule has 3 unspecified atom stereocenters. The first-order chi connectivity index (χ1) is 15.4. The number of hydrogen-bond donors (Lipinski definition) is 2. The maximum Gasteiger partial charge on any atom is 0.274 e. The lowest BCUT2D eigenvalue weighted by atomic mass is 9.75. The largest absolute Gasteiger partial charge is 0.382 e. The monoisotopic (exact) mass is 455 g/mol. The molecule has 2 aliphatic rings. The Balaban J connectivity index is 1.64. The molecule has 1 amide bonds. The van der Waals surface area contributed by atoms with Gasteiger partial charge < -0.3 is 20.5 Å². The van der Waals surface area contributed by atoms with Gasteiger partial charge in [-0.15, -0.1) is 0 Å². The van der Waals surface area contributed by atoms with E-state index < -0.39 is 17.3 Å². The molecule has 0 spiro atoms. The number of anilines is 1. The Kier molecular flexibility index (Phi) is 6.41. The Morgan fingerprint density at radius 3 is 3.03 bits per heavy atom. The summed E-state index contributed by atoms with van der Waals surface area (Å²) in [6.45, 7) is 0.616. The van der Waals surface area contributed by atoms with Gasteiger partial charge in [0.15, 0.2) is 5.17 Å². The van der Waals surface area contributed by atoms with Gasteiger partial charge in [0.05, 0.1) is 24.9 Å². The number of carbonyl (C=O) groups is 1. The number of nitriles is 1. The van der Waals surface area contributed by atoms with Crippen LogP contribution in [0.1, 0.15) is 28.0 Å². The summed E-state index contributed by atoms with van der Waals surface area (Å²) in [6, 6.07) is 9.28. The van der Waals surface area contributed by atoms with Crippen LogP contribution in [-0.2, 0) is 15.0 Å². The summed E-state index contributed by atoms with van der Waals surface area (Å²) in [6.07, 6.45) is 1.88. The third kappa shape index (κ3) is 4.32. The number of methoxy groups -OCH3 is 1. The summed E-state index contributed by atoms with van der Waals surface area (Å²) in [4.78, 5) is 21.2. The van der Waals surface area contributed by atoms with Crippen LogP contribution in [0.5, 0.6) is 0 Å². The number of carbonyl (C=O) groups excluding carboxylic acids is 1. The molecule has 1 saturated heterocycles. The number of thioether (sulfide) groups is 1. The van der Waals surface area contributed by atoms with Crippen LogP contribution in [0, 0.1) is 23.1 Å². The number of nitrogens with zero attached hydrogens (tertiary/aromatic N) is 3. The third-order valence-electron chi connectivity index (χ3n) is 5.67. The second-order valence-electron chi connectivity index (χ2n) is 7.70. The normalized spacial score (nSPS) is 24.7. The van der Waals surface area contributed by atoms with E-state index in [2.05, 4.69) is 15.3 Å². The van der Waals surface area contributed by atoms with Crippen molar-refractivity contribution >= 4 is 28.5 Å². The molecule has 1 fully saturated rings. The average Bonchev–Trinajstić information content (AvgIpc) is 2.80. The smallest absolute Gasteiger partial charge is 0.274 e. The summed E-state index contributed by atoms with van der Waals surface area (Å²) >= 11 is 1.45. The topological polar surface area (TPSA) is 123 Å². The Bertz CT molecular complexity index is 1090. The lowest BCUT2D eigenvalue weighted by Gasteiger charge is -2.46. The number of nitrogens with two attached hydrogens (primary N) is 1. The maximum atomic E-state index is 15.1. The molecule has 32 heavy (non-hydrogen) atoms. The molecule has 0 saturated carbocycles. The van der Waals surface area contributed by atoms with E-state index in [9.17, 15) is 4.79 Å². The van der Waals surface area contributed by atoms with Crippen LogP contribution in [-0.4, -0.2) is 48.2 Å². The quantitative estimate of drug-likeness (QED) is 0.711. The second kappa shape index (κ2) is 9.24. The van der Waals surface area contributed by atoms with Gasteiger partial charge in [0, 0.05) is 36.2 Å². The number of hydrogen-bond acceptors (Lipinski definition) is 8. The molecule has 10 heteroatoms. The van der Waals surface area contributed by atoms with Crippen LogP contribution in [0.4, 0.5) is 10.1 Å². The lowest BCUT2D eigenvalue weighted by Crippen LogP contribution is -2.51. The van der Waals surface area contributed by atoms with Crippen molar-refractivity contribution in [1.29, 1.82) is 5.26 Å². The summed E-state index contributed by atoms with van der Waals surface area (Å²) in [5.41, 5.74) is 6.28. The van der Waals surface area contributed by atoms with Crippen LogP contribution in [0.15, 0.2) is 41.5 Å². The van der Waals surface area contributed by atoms with E-state index in [0.29, 0.717) is 40.8 Å². The molecular formula is C22H22FN5O3S. The number of pyridine rings is 1. The molecule has 0 aliphatic carbocycles. The molecule has 2 aliphatic heterocycles. The average molecular weight is 456 g/mol. The zero-order valence-corrected chi connectivity index (χ0v) is 18.2. The Labute approximate surface area is 189 Å². The minimum absolute atomic E-state index is 0.00524. The minimum atomic E-state index is -0.975. The van der Waals surface area contributed by atoms with E-state index in [0.717, 1.165) is 0 Å². The van der Waals surface area contributed by atoms with Crippen molar-refractivity contribution in [3.8, 4) is 6.07 Å². The van der Waals surface area contributed by atoms with Crippen LogP contribution >= 0.6 is 11.8 Å². The Hall–Kier alpha value is -3.00. The van der Waals surface area contributed by atoms with Crippen LogP contribution < -0.4 is 11.1 Å². The van der Waals surface area contributed by atoms with E-state index in [1.165, 1.54) is 42.2 Å². The number of ether oxygens (including phenoxy) is 2. The van der Waals surface area contributed by atoms with Crippen molar-refractivity contribution in [3.05, 3.63) is 59.2 Å². The first-order valence-corrected chi connectivity index (χ1v) is 11.0. The van der Waals surface area contributed by atoms with Gasteiger partial charge in [-0.3, -0.25) is 4.79 Å². The van der Waals surface area contributed by atoms with Crippen LogP contribution in [0.25, 0.3) is 0 Å². The SMILES string of the molecule is COCC1CC2CSC(N)=NC2(c2cc(NC(=O)c3ccc(C#N)cn3)ccc2F)CO1. The second-order valence-corrected chi connectivity index (χ2v) is 8.74. The number of aromatic nitrogens is 1. The molecule has 3 heterocycles. The zero-order chi connectivity index (χ0) is 22.7. The minimum Gasteiger partial charge on any atom is -0.382 e. The summed E-state index contributed by atoms with van der Waals surface area (Å²) in [7, 11) is 1.62. The molecule has 0 radical (unpaired) electrons. The molecule has 4 rings (SSSR count). The predicted molar refractivity (Wildman–Crippen MR) is 119 cm³/mol. The van der Waals surface area contributed by atoms with Gasteiger partial charge in [-0.1, -0.05) is 11.8 Å². The Morgan fingerprint density at radius 2 is 2.31 bits per heavy atom. The van der Waals surface area contributed by atoms with Gasteiger partial charge in [0.2, 0.25) is 0 Å². The Morgan fingerprint density at radius 1 is 1.47 bits per heavy atom. The van der Waals surface area contributed by atoms with Crippen molar-refractivity contribution in [2.45, 2.75) is 18.1 Å². The van der Waals surface area contributed by atoms with Crippen molar-refractivity contribution in [3.63, 3.8) is 0 Å². The van der Waals surface area contributed by atoms with E-state index in [1.54, 1.807) is 13.2 Å². The number of aliphatic imine (C=N–C) groups is 1. The molecule has 3 N–H and O–H groups in total. The van der Waals surface area contributed by atoms with Gasteiger partial charge in [0.1, 0.15) is 23.1 Å². The van der Waals surface area contributed by atoms with Gasteiger partial charge in [-0.05, 0) is 36.8 Å². The number of nitrogens with one attached hydrogen (secondary N) is 1. The first-order valence-electron chi connectivity index (χ1n) is 10.0. The number of amidine groups is 1. The van der Waals surface area contributed by atoms with Crippen molar-refractivity contribution < 1.29 is 18.7 Å². The molecule has 166 valence electrons. The fourth-order valence-corrected chi connectivity index (χ4v) is 5.08. The van der Waals surface area contributed by atoms with Crippen molar-refractivity contribution in [2.75, 3.05) is 31.4 Å². The number of benzene rings is 1. The summed E-state index contributed by atoms with van der Waals surface area (Å²) in [5.74, 6) is -0.233. The first kappa shape index (κ1) is 22.2. The molecular weight excluding hydrogens is 433 g/mol. The zero-order valence-electron chi connectivity index (χ0n) is 17.4. The third-order valence-corrected chi connectivity index (χ3v) is 6.63. The molecule has 3 atom stereocenters. The number of amides is 1. The highest BCUT2D eigenvalue weighted by Gasteiger charge is 2.49. The fraction of sp³-hybridized carbons (Fsp3) is 0.364. The number of halogens is 1. The van der Waals surface area contributed by atoms with E-state index >= 15 is 4.39 Å². The summed E-state index contributed by atoms with van der Waals surface area (Å²) in [5, 5.41) is 12.0. The number of fused-ring (bicyclic) bond motifs is 1. The fourth-order valence-electron chi connectivity index (χ4n) is 4.07. The van der Waals surface area contributed by atoms with Gasteiger partial charge in [-0.25, -0.2) is 14.4 Å². The highest BCUT2D eigenvalue weighted by atomic mass is 32.2. The van der Waals surface area contributed by atoms with Crippen molar-refractivity contribution in [1.82, 2.24) is 4.98 Å². The van der Waals surface area contributed by atoms with Crippen LogP contribution in [0.2, 0.25) is 0 Å². The highest BCUT2D eigenvalue weighted by Crippen LogP contribution is 2.47. The van der Waals surface area contributed by atoms with E-state index in [1.807, 2.05) is 6.07 Å². The highest BCUT2D eigenvalue weighted by molar-refractivity contribution is 8.13. The molecule has 1 aromatic heterocycles. The standard InChI is InChI=1S/C22H22FN5O3S/c1-30-10-16-6-14-11-32-21(25)28-22(14,12-31-16)17-7-15(3-4-18(17)23)27-20(29)19-5-2-13(8-24)9-26-19/h2-5,7,9,14,16H,6,10-12H2,1H3,(H2,25,28)(H,27,29). The van der Waals surface area contributed by atoms with Gasteiger partial charge in [0.25, 0.3) is 5.91 Å². The van der Waals surface area contributed by atoms with E-state index in [-0.39, 0.29) is 24.3 Å². The van der Waals surface area contributed by atoms with Crippen LogP contribution in [0.3, 0.4) is 0 Å². The number of rotatable bonds is 5. The maximum absolute atomic E-state index is 15.1. The van der Waals surface area contributed by atoms with Crippen molar-refractivity contribution in [2.24, 2.45) is 16.6 Å². The molecule has 0 bridgehead atoms. The molecule has 8 nitrogen and oxygen atoms in total. The predicted octanol–water partition coefficient (Wildman–Crippen LogP) is 2.65. The molecule has 1 aromatic carbocycles. The summed E-state index contributed by atoms with van der Waals surface area (Å²) < 4.78 is 26.3. The molecule has 2 aromatic rings. The van der Waals surface area contributed by atoms with Gasteiger partial charge in [-0.2, -0.15) is 5.26 Å².